The Bertz CT molecular complexity index is 299. The molecule has 13 heavy (non-hydrogen) atoms. The third kappa shape index (κ3) is 1.69. The Balaban J connectivity index is 2.18. The van der Waals surface area contributed by atoms with Gasteiger partial charge in [0, 0.05) is 11.8 Å². The summed E-state index contributed by atoms with van der Waals surface area (Å²) in [5, 5.41) is 10.3. The first-order valence-electron chi connectivity index (χ1n) is 4.57. The van der Waals surface area contributed by atoms with Gasteiger partial charge in [-0.25, -0.2) is 4.98 Å². The van der Waals surface area contributed by atoms with E-state index < -0.39 is 6.10 Å². The van der Waals surface area contributed by atoms with Gasteiger partial charge < -0.3 is 5.11 Å². The molecular weight excluding hydrogens is 186 g/mol. The van der Waals surface area contributed by atoms with Crippen molar-refractivity contribution in [2.75, 3.05) is 0 Å². The number of aliphatic hydroxyl groups excluding tert-OH is 1. The van der Waals surface area contributed by atoms with E-state index in [1.54, 1.807) is 6.20 Å². The molecule has 0 radical (unpaired) electrons. The zero-order valence-electron chi connectivity index (χ0n) is 7.28. The lowest BCUT2D eigenvalue weighted by molar-refractivity contribution is 0.0619. The molecule has 1 aliphatic rings. The van der Waals surface area contributed by atoms with Crippen LogP contribution in [0.4, 0.5) is 0 Å². The summed E-state index contributed by atoms with van der Waals surface area (Å²) in [4.78, 5) is 3.95. The van der Waals surface area contributed by atoms with Crippen molar-refractivity contribution < 1.29 is 5.11 Å². The Morgan fingerprint density at radius 2 is 2.31 bits per heavy atom. The van der Waals surface area contributed by atoms with Crippen LogP contribution >= 0.6 is 11.6 Å². The van der Waals surface area contributed by atoms with Crippen LogP contribution < -0.4 is 0 Å². The SMILES string of the molecule is OC(c1cccnc1Cl)C1CCC1. The molecule has 0 spiro atoms. The molecule has 2 rings (SSSR count). The highest BCUT2D eigenvalue weighted by molar-refractivity contribution is 6.30. The topological polar surface area (TPSA) is 33.1 Å². The Kier molecular flexibility index (Phi) is 2.51. The second-order valence-electron chi connectivity index (χ2n) is 3.52. The van der Waals surface area contributed by atoms with Gasteiger partial charge in [0.1, 0.15) is 5.15 Å². The monoisotopic (exact) mass is 197 g/mol. The van der Waals surface area contributed by atoms with Gasteiger partial charge in [-0.15, -0.1) is 0 Å². The van der Waals surface area contributed by atoms with Gasteiger partial charge in [0.05, 0.1) is 6.10 Å². The minimum atomic E-state index is -0.421. The fourth-order valence-corrected chi connectivity index (χ4v) is 1.86. The van der Waals surface area contributed by atoms with Crippen LogP contribution in [-0.4, -0.2) is 10.1 Å². The molecule has 1 aromatic rings. The van der Waals surface area contributed by atoms with Crippen molar-refractivity contribution in [2.45, 2.75) is 25.4 Å². The van der Waals surface area contributed by atoms with Crippen molar-refractivity contribution in [1.29, 1.82) is 0 Å². The maximum atomic E-state index is 9.90. The number of hydrogen-bond acceptors (Lipinski definition) is 2. The van der Waals surface area contributed by atoms with Crippen LogP contribution in [0.15, 0.2) is 18.3 Å². The highest BCUT2D eigenvalue weighted by atomic mass is 35.5. The average molecular weight is 198 g/mol. The summed E-state index contributed by atoms with van der Waals surface area (Å²) >= 11 is 5.87. The molecule has 0 amide bonds. The standard InChI is InChI=1S/C10H12ClNO/c11-10-8(5-2-6-12-10)9(13)7-3-1-4-7/h2,5-7,9,13H,1,3-4H2. The van der Waals surface area contributed by atoms with Crippen molar-refractivity contribution in [1.82, 2.24) is 4.98 Å². The summed E-state index contributed by atoms with van der Waals surface area (Å²) < 4.78 is 0. The highest BCUT2D eigenvalue weighted by Crippen LogP contribution is 2.38. The van der Waals surface area contributed by atoms with Crippen LogP contribution in [0.1, 0.15) is 30.9 Å². The molecular formula is C10H12ClNO. The van der Waals surface area contributed by atoms with Gasteiger partial charge in [-0.2, -0.15) is 0 Å². The van der Waals surface area contributed by atoms with E-state index in [-0.39, 0.29) is 0 Å². The minimum Gasteiger partial charge on any atom is -0.388 e. The fraction of sp³-hybridized carbons (Fsp3) is 0.500. The van der Waals surface area contributed by atoms with Gasteiger partial charge in [-0.1, -0.05) is 24.1 Å². The molecule has 1 aliphatic carbocycles. The van der Waals surface area contributed by atoms with Crippen LogP contribution in [0.2, 0.25) is 5.15 Å². The lowest BCUT2D eigenvalue weighted by Gasteiger charge is -2.30. The fourth-order valence-electron chi connectivity index (χ4n) is 1.63. The number of rotatable bonds is 2. The first kappa shape index (κ1) is 8.97. The van der Waals surface area contributed by atoms with Crippen LogP contribution in [0.5, 0.6) is 0 Å². The quantitative estimate of drug-likeness (QED) is 0.740. The van der Waals surface area contributed by atoms with Crippen molar-refractivity contribution >= 4 is 11.6 Å². The first-order chi connectivity index (χ1) is 6.29. The number of halogens is 1. The van der Waals surface area contributed by atoms with Gasteiger partial charge in [-0.3, -0.25) is 0 Å². The maximum absolute atomic E-state index is 9.90. The van der Waals surface area contributed by atoms with Gasteiger partial charge in [-0.05, 0) is 24.8 Å². The second-order valence-corrected chi connectivity index (χ2v) is 3.88. The number of aromatic nitrogens is 1. The summed E-state index contributed by atoms with van der Waals surface area (Å²) in [6.07, 6.45) is 4.65. The largest absolute Gasteiger partial charge is 0.388 e. The molecule has 0 aromatic carbocycles. The Morgan fingerprint density at radius 3 is 2.85 bits per heavy atom. The van der Waals surface area contributed by atoms with Crippen LogP contribution in [0, 0.1) is 5.92 Å². The molecule has 1 heterocycles. The highest BCUT2D eigenvalue weighted by Gasteiger charge is 2.28. The predicted molar refractivity (Wildman–Crippen MR) is 51.5 cm³/mol. The van der Waals surface area contributed by atoms with Crippen molar-refractivity contribution in [3.8, 4) is 0 Å². The second kappa shape index (κ2) is 3.64. The summed E-state index contributed by atoms with van der Waals surface area (Å²) in [6.45, 7) is 0. The van der Waals surface area contributed by atoms with Gasteiger partial charge in [0.15, 0.2) is 0 Å². The van der Waals surface area contributed by atoms with Crippen molar-refractivity contribution in [2.24, 2.45) is 5.92 Å². The van der Waals surface area contributed by atoms with E-state index >= 15 is 0 Å². The third-order valence-corrected chi connectivity index (χ3v) is 3.02. The molecule has 1 fully saturated rings. The molecule has 1 unspecified atom stereocenters. The van der Waals surface area contributed by atoms with E-state index in [0.717, 1.165) is 18.4 Å². The molecule has 1 aromatic heterocycles. The predicted octanol–water partition coefficient (Wildman–Crippen LogP) is 2.57. The zero-order valence-corrected chi connectivity index (χ0v) is 8.04. The zero-order chi connectivity index (χ0) is 9.26. The van der Waals surface area contributed by atoms with E-state index in [1.165, 1.54) is 6.42 Å². The Hall–Kier alpha value is -0.600. The molecule has 1 N–H and O–H groups in total. The van der Waals surface area contributed by atoms with Gasteiger partial charge in [0.2, 0.25) is 0 Å². The van der Waals surface area contributed by atoms with Crippen molar-refractivity contribution in [3.63, 3.8) is 0 Å². The lowest BCUT2D eigenvalue weighted by Crippen LogP contribution is -2.20. The van der Waals surface area contributed by atoms with Crippen molar-refractivity contribution in [3.05, 3.63) is 29.0 Å². The number of aliphatic hydroxyl groups is 1. The normalized spacial score (nSPS) is 19.5. The maximum Gasteiger partial charge on any atom is 0.134 e. The van der Waals surface area contributed by atoms with Crippen LogP contribution in [-0.2, 0) is 0 Å². The molecule has 0 aliphatic heterocycles. The van der Waals surface area contributed by atoms with E-state index in [2.05, 4.69) is 4.98 Å². The number of nitrogens with zero attached hydrogens (tertiary/aromatic N) is 1. The first-order valence-corrected chi connectivity index (χ1v) is 4.95. The smallest absolute Gasteiger partial charge is 0.134 e. The molecule has 70 valence electrons. The summed E-state index contributed by atoms with van der Waals surface area (Å²) in [6, 6.07) is 3.65. The van der Waals surface area contributed by atoms with Gasteiger partial charge >= 0.3 is 0 Å². The molecule has 0 bridgehead atoms. The number of pyridine rings is 1. The molecule has 1 atom stereocenters. The van der Waals surface area contributed by atoms with Gasteiger partial charge in [0.25, 0.3) is 0 Å². The van der Waals surface area contributed by atoms with E-state index in [4.69, 9.17) is 11.6 Å². The third-order valence-electron chi connectivity index (χ3n) is 2.70. The molecule has 3 heteroatoms. The van der Waals surface area contributed by atoms with E-state index in [1.807, 2.05) is 12.1 Å². The minimum absolute atomic E-state index is 0.390. The molecule has 1 saturated carbocycles. The summed E-state index contributed by atoms with van der Waals surface area (Å²) in [5.41, 5.74) is 0.772. The lowest BCUT2D eigenvalue weighted by atomic mass is 9.79. The summed E-state index contributed by atoms with van der Waals surface area (Å²) in [5.74, 6) is 0.390. The Labute approximate surface area is 82.6 Å². The molecule has 2 nitrogen and oxygen atoms in total. The number of hydrogen-bond donors (Lipinski definition) is 1. The van der Waals surface area contributed by atoms with E-state index in [0.29, 0.717) is 11.1 Å². The van der Waals surface area contributed by atoms with E-state index in [9.17, 15) is 5.11 Å². The summed E-state index contributed by atoms with van der Waals surface area (Å²) in [7, 11) is 0. The average Bonchev–Trinajstić information content (AvgIpc) is 2.01. The molecule has 0 saturated heterocycles. The van der Waals surface area contributed by atoms with Crippen LogP contribution in [0.3, 0.4) is 0 Å². The van der Waals surface area contributed by atoms with Crippen LogP contribution in [0.25, 0.3) is 0 Å². The Morgan fingerprint density at radius 1 is 1.54 bits per heavy atom.